The maximum Gasteiger partial charge on any atom is 0.228 e. The molecule has 1 aromatic heterocycles. The number of nitrogens with one attached hydrogen (secondary N) is 1. The predicted octanol–water partition coefficient (Wildman–Crippen LogP) is 4.00. The van der Waals surface area contributed by atoms with Gasteiger partial charge in [0, 0.05) is 37.9 Å². The molecule has 162 valence electrons. The molecule has 0 radical (unpaired) electrons. The molecule has 1 aliphatic heterocycles. The van der Waals surface area contributed by atoms with E-state index in [1.165, 1.54) is 0 Å². The Balaban J connectivity index is 1.60. The monoisotopic (exact) mass is 417 g/mol. The van der Waals surface area contributed by atoms with Crippen LogP contribution in [0.1, 0.15) is 37.7 Å². The van der Waals surface area contributed by atoms with E-state index >= 15 is 0 Å². The van der Waals surface area contributed by atoms with Gasteiger partial charge in [-0.05, 0) is 60.9 Å². The van der Waals surface area contributed by atoms with Crippen LogP contribution in [0.5, 0.6) is 0 Å². The van der Waals surface area contributed by atoms with Gasteiger partial charge in [0.05, 0.1) is 5.41 Å². The van der Waals surface area contributed by atoms with Gasteiger partial charge in [0.1, 0.15) is 0 Å². The van der Waals surface area contributed by atoms with Crippen LogP contribution in [-0.2, 0) is 16.0 Å². The van der Waals surface area contributed by atoms with E-state index in [2.05, 4.69) is 35.1 Å². The molecule has 1 saturated heterocycles. The first-order valence-electron chi connectivity index (χ1n) is 11.3. The fourth-order valence-electron chi connectivity index (χ4n) is 4.79. The highest BCUT2D eigenvalue weighted by molar-refractivity contribution is 5.86. The van der Waals surface area contributed by atoms with Crippen LogP contribution >= 0.6 is 0 Å². The van der Waals surface area contributed by atoms with Gasteiger partial charge >= 0.3 is 0 Å². The van der Waals surface area contributed by atoms with Crippen LogP contribution in [0.2, 0.25) is 0 Å². The van der Waals surface area contributed by atoms with E-state index in [-0.39, 0.29) is 17.7 Å². The summed E-state index contributed by atoms with van der Waals surface area (Å²) in [7, 11) is 0. The Morgan fingerprint density at radius 1 is 1.16 bits per heavy atom. The van der Waals surface area contributed by atoms with Gasteiger partial charge in [0.25, 0.3) is 0 Å². The van der Waals surface area contributed by atoms with E-state index in [9.17, 15) is 9.59 Å². The topological polar surface area (TPSA) is 62.3 Å². The van der Waals surface area contributed by atoms with Crippen molar-refractivity contribution in [2.24, 2.45) is 11.3 Å². The molecule has 31 heavy (non-hydrogen) atoms. The molecule has 0 spiro atoms. The predicted molar refractivity (Wildman–Crippen MR) is 122 cm³/mol. The Bertz CT molecular complexity index is 939. The number of aromatic nitrogens is 1. The number of carbonyl (C=O) groups is 2. The first kappa shape index (κ1) is 21.3. The van der Waals surface area contributed by atoms with E-state index in [1.807, 2.05) is 23.1 Å². The number of hydrogen-bond donors (Lipinski definition) is 1. The summed E-state index contributed by atoms with van der Waals surface area (Å²) >= 11 is 0. The minimum absolute atomic E-state index is 0.0211. The number of rotatable bonds is 7. The summed E-state index contributed by atoms with van der Waals surface area (Å²) in [5, 5.41) is 3.02. The van der Waals surface area contributed by atoms with Gasteiger partial charge in [-0.1, -0.05) is 36.8 Å². The maximum absolute atomic E-state index is 13.4. The van der Waals surface area contributed by atoms with Crippen LogP contribution in [0, 0.1) is 11.3 Å². The van der Waals surface area contributed by atoms with Crippen LogP contribution in [-0.4, -0.2) is 41.3 Å². The molecule has 2 aliphatic rings. The smallest absolute Gasteiger partial charge is 0.228 e. The van der Waals surface area contributed by atoms with Crippen molar-refractivity contribution in [2.45, 2.75) is 38.5 Å². The second kappa shape index (κ2) is 9.46. The molecule has 1 atom stereocenters. The summed E-state index contributed by atoms with van der Waals surface area (Å²) in [6.07, 6.45) is 10.6. The van der Waals surface area contributed by atoms with E-state index in [0.717, 1.165) is 55.3 Å². The van der Waals surface area contributed by atoms with Gasteiger partial charge in [-0.3, -0.25) is 14.6 Å². The summed E-state index contributed by atoms with van der Waals surface area (Å²) in [6, 6.07) is 12.3. The van der Waals surface area contributed by atoms with E-state index < -0.39 is 5.41 Å². The lowest BCUT2D eigenvalue weighted by atomic mass is 9.73. The highest BCUT2D eigenvalue weighted by atomic mass is 16.2. The molecule has 5 nitrogen and oxygen atoms in total. The van der Waals surface area contributed by atoms with E-state index in [1.54, 1.807) is 18.5 Å². The van der Waals surface area contributed by atoms with Crippen molar-refractivity contribution in [3.63, 3.8) is 0 Å². The second-order valence-electron chi connectivity index (χ2n) is 8.88. The highest BCUT2D eigenvalue weighted by Crippen LogP contribution is 2.37. The van der Waals surface area contributed by atoms with E-state index in [0.29, 0.717) is 19.5 Å². The van der Waals surface area contributed by atoms with Crippen LogP contribution in [0.25, 0.3) is 11.1 Å². The Morgan fingerprint density at radius 2 is 1.97 bits per heavy atom. The zero-order valence-corrected chi connectivity index (χ0v) is 18.1. The number of likely N-dealkylation sites (tertiary alicyclic amines) is 1. The first-order valence-corrected chi connectivity index (χ1v) is 11.3. The van der Waals surface area contributed by atoms with Gasteiger partial charge in [0.2, 0.25) is 11.8 Å². The average molecular weight is 418 g/mol. The first-order chi connectivity index (χ1) is 15.1. The molecule has 1 N–H and O–H groups in total. The van der Waals surface area contributed by atoms with Gasteiger partial charge in [-0.2, -0.15) is 0 Å². The minimum Gasteiger partial charge on any atom is -0.352 e. The molecule has 1 aromatic carbocycles. The number of benzene rings is 1. The third-order valence-electron chi connectivity index (χ3n) is 6.71. The molecule has 5 heteroatoms. The lowest BCUT2D eigenvalue weighted by Gasteiger charge is -2.43. The molecule has 2 fully saturated rings. The average Bonchev–Trinajstić information content (AvgIpc) is 2.77. The normalized spacial score (nSPS) is 21.2. The van der Waals surface area contributed by atoms with Crippen molar-refractivity contribution in [1.29, 1.82) is 0 Å². The summed E-state index contributed by atoms with van der Waals surface area (Å²) in [5.74, 6) is 0.409. The molecule has 0 unspecified atom stereocenters. The molecule has 1 saturated carbocycles. The van der Waals surface area contributed by atoms with Crippen LogP contribution in [0.4, 0.5) is 0 Å². The van der Waals surface area contributed by atoms with E-state index in [4.69, 9.17) is 0 Å². The van der Waals surface area contributed by atoms with Crippen molar-refractivity contribution in [2.75, 3.05) is 19.6 Å². The summed E-state index contributed by atoms with van der Waals surface area (Å²) in [5.41, 5.74) is 2.71. The van der Waals surface area contributed by atoms with Crippen molar-refractivity contribution in [3.8, 4) is 11.1 Å². The van der Waals surface area contributed by atoms with Crippen molar-refractivity contribution < 1.29 is 9.59 Å². The van der Waals surface area contributed by atoms with Crippen LogP contribution < -0.4 is 5.32 Å². The maximum atomic E-state index is 13.4. The number of hydrogen-bond acceptors (Lipinski definition) is 3. The lowest BCUT2D eigenvalue weighted by molar-refractivity contribution is -0.146. The highest BCUT2D eigenvalue weighted by Gasteiger charge is 2.44. The molecular formula is C26H31N3O2. The van der Waals surface area contributed by atoms with Gasteiger partial charge in [-0.15, -0.1) is 6.58 Å². The Kier molecular flexibility index (Phi) is 6.50. The molecule has 0 bridgehead atoms. The fraction of sp³-hybridized carbons (Fsp3) is 0.423. The number of amides is 2. The lowest BCUT2D eigenvalue weighted by Crippen LogP contribution is -2.55. The van der Waals surface area contributed by atoms with Crippen molar-refractivity contribution >= 4 is 11.8 Å². The third-order valence-corrected chi connectivity index (χ3v) is 6.71. The number of nitrogens with zero attached hydrogens (tertiary/aromatic N) is 2. The Morgan fingerprint density at radius 3 is 2.68 bits per heavy atom. The molecular weight excluding hydrogens is 386 g/mol. The molecule has 4 rings (SSSR count). The Labute approximate surface area is 184 Å². The van der Waals surface area contributed by atoms with Crippen molar-refractivity contribution in [1.82, 2.24) is 15.2 Å². The second-order valence-corrected chi connectivity index (χ2v) is 8.88. The van der Waals surface area contributed by atoms with Crippen molar-refractivity contribution in [3.05, 3.63) is 67.0 Å². The quantitative estimate of drug-likeness (QED) is 0.693. The standard InChI is InChI=1S/C26H31N3O2/c1-2-13-28-25(31)26(12-5-16-29(19-26)24(30)22-7-4-8-22)18-20-6-3-9-23(17-20)21-10-14-27-15-11-21/h2-3,6,9-11,14-15,17,22H,1,4-5,7-8,12-13,16,18-19H2,(H,28,31)/t26-/m1/s1. The summed E-state index contributed by atoms with van der Waals surface area (Å²) in [6.45, 7) is 5.41. The fourth-order valence-corrected chi connectivity index (χ4v) is 4.79. The Hall–Kier alpha value is -2.95. The molecule has 2 aromatic rings. The minimum atomic E-state index is -0.614. The third kappa shape index (κ3) is 4.71. The van der Waals surface area contributed by atoms with Crippen LogP contribution in [0.15, 0.2) is 61.4 Å². The van der Waals surface area contributed by atoms with Crippen LogP contribution in [0.3, 0.4) is 0 Å². The number of carbonyl (C=O) groups excluding carboxylic acids is 2. The SMILES string of the molecule is C=CCNC(=O)[C@@]1(Cc2cccc(-c3ccncc3)c2)CCCN(C(=O)C2CCC2)C1. The zero-order chi connectivity index (χ0) is 21.7. The van der Waals surface area contributed by atoms with Gasteiger partial charge in [-0.25, -0.2) is 0 Å². The molecule has 2 heterocycles. The van der Waals surface area contributed by atoms with Gasteiger partial charge < -0.3 is 10.2 Å². The zero-order valence-electron chi connectivity index (χ0n) is 18.1. The summed E-state index contributed by atoms with van der Waals surface area (Å²) < 4.78 is 0. The largest absolute Gasteiger partial charge is 0.352 e. The van der Waals surface area contributed by atoms with Gasteiger partial charge in [0.15, 0.2) is 0 Å². The number of piperidine rings is 1. The molecule has 2 amide bonds. The summed E-state index contributed by atoms with van der Waals surface area (Å²) in [4.78, 5) is 32.4. The number of pyridine rings is 1. The molecule has 1 aliphatic carbocycles.